The predicted molar refractivity (Wildman–Crippen MR) is 196 cm³/mol. The number of anilines is 2. The molecular weight excluding hydrogens is 1290 g/mol. The van der Waals surface area contributed by atoms with Crippen LogP contribution in [-0.2, 0) is 20.0 Å². The van der Waals surface area contributed by atoms with E-state index in [0.29, 0.717) is 19.1 Å². The maximum Gasteiger partial charge on any atom is 0.460 e. The van der Waals surface area contributed by atoms with Crippen LogP contribution in [0.3, 0.4) is 0 Å². The Morgan fingerprint density at radius 2 is 0.617 bits per heavy atom. The van der Waals surface area contributed by atoms with Gasteiger partial charge in [-0.2, -0.15) is 158 Å². The fraction of sp³-hybridized carbons (Fsp3) is 0.758. The summed E-state index contributed by atoms with van der Waals surface area (Å²) < 4.78 is 518. The minimum absolute atomic E-state index is 0.0699. The van der Waals surface area contributed by atoms with E-state index in [-0.39, 0.29) is 19.9 Å². The molecule has 2 N–H and O–H groups in total. The molecule has 0 aromatic heterocycles. The first kappa shape index (κ1) is 74.2. The Labute approximate surface area is 425 Å². The maximum atomic E-state index is 15.0. The van der Waals surface area contributed by atoms with Crippen LogP contribution in [0.15, 0.2) is 18.2 Å². The molecule has 2 amide bonds. The van der Waals surface area contributed by atoms with Gasteiger partial charge in [0.2, 0.25) is 0 Å². The summed E-state index contributed by atoms with van der Waals surface area (Å²) in [5.41, 5.74) is -3.24. The minimum Gasteiger partial charge on any atom is -0.465 e. The quantitative estimate of drug-likeness (QED) is 0.0869. The molecule has 81 heavy (non-hydrogen) atoms. The van der Waals surface area contributed by atoms with Gasteiger partial charge in [-0.25, -0.2) is 26.4 Å². The van der Waals surface area contributed by atoms with Gasteiger partial charge >= 0.3 is 106 Å². The number of likely N-dealkylation sites (N-methyl/N-ethyl adjacent to an activating group) is 2. The van der Waals surface area contributed by atoms with Crippen molar-refractivity contribution in [2.75, 3.05) is 49.1 Å². The summed E-state index contributed by atoms with van der Waals surface area (Å²) in [5, 5.41) is 3.14. The Hall–Kier alpha value is -4.80. The third-order valence-electron chi connectivity index (χ3n) is 10.8. The van der Waals surface area contributed by atoms with Gasteiger partial charge in [-0.1, -0.05) is 19.9 Å². The highest BCUT2D eigenvalue weighted by atomic mass is 32.2. The summed E-state index contributed by atoms with van der Waals surface area (Å²) in [5.74, 6) is -108. The molecule has 0 radical (unpaired) electrons. The van der Waals surface area contributed by atoms with E-state index in [9.17, 15) is 177 Å². The molecule has 0 heterocycles. The second-order valence-corrected chi connectivity index (χ2v) is 19.7. The van der Waals surface area contributed by atoms with Gasteiger partial charge in [0.1, 0.15) is 0 Å². The minimum atomic E-state index is -9.27. The summed E-state index contributed by atoms with van der Waals surface area (Å²) in [4.78, 5) is 23.4. The standard InChI is InChI=1S/C33H26F34N4O8S2/c1-4-68(80(76,77)32(64,65)28(54,55)24(46,47)20(38,39)18(34,35)22(42,43)26(50,51)30(58,59)60)8-10-70(16(72)73)14-7-6-13(3)15(12-14)71(17(74)75)11-9-69(5-2)81(78,79)33(66,67)29(56,57)25(48,49)21(40,41)19(36,37)23(44,45)27(52,53)31(61,62)63/h6-7,12H,4-5,8-11H2,1-3H3,(H,72,73)(H,74,75). The zero-order valence-electron chi connectivity index (χ0n) is 38.3. The summed E-state index contributed by atoms with van der Waals surface area (Å²) in [6.45, 7) is -11.5. The molecule has 0 aliphatic rings. The van der Waals surface area contributed by atoms with Crippen molar-refractivity contribution in [1.82, 2.24) is 8.61 Å². The summed E-state index contributed by atoms with van der Waals surface area (Å²) in [6, 6.07) is 0.883. The third kappa shape index (κ3) is 10.7. The molecule has 0 aliphatic carbocycles. The van der Waals surface area contributed by atoms with E-state index in [1.165, 1.54) is 0 Å². The third-order valence-corrected chi connectivity index (χ3v) is 14.9. The molecular formula is C33H26F34N4O8S2. The number of carbonyl (C=O) groups is 2. The fourth-order valence-corrected chi connectivity index (χ4v) is 8.85. The van der Waals surface area contributed by atoms with Crippen LogP contribution in [0.4, 0.5) is 170 Å². The van der Waals surface area contributed by atoms with Crippen molar-refractivity contribution in [3.63, 3.8) is 0 Å². The zero-order valence-corrected chi connectivity index (χ0v) is 39.9. The molecule has 0 saturated heterocycles. The van der Waals surface area contributed by atoms with Crippen LogP contribution in [0.5, 0.6) is 0 Å². The molecule has 1 aromatic carbocycles. The molecule has 476 valence electrons. The molecule has 1 aromatic rings. The number of rotatable bonds is 26. The van der Waals surface area contributed by atoms with Crippen LogP contribution < -0.4 is 9.80 Å². The lowest BCUT2D eigenvalue weighted by Crippen LogP contribution is -2.75. The maximum absolute atomic E-state index is 15.0. The monoisotopic (exact) mass is 1320 g/mol. The summed E-state index contributed by atoms with van der Waals surface area (Å²) >= 11 is 0. The van der Waals surface area contributed by atoms with Gasteiger partial charge in [-0.3, -0.25) is 9.80 Å². The normalized spacial score (nSPS) is 15.6. The van der Waals surface area contributed by atoms with Crippen LogP contribution in [0.1, 0.15) is 19.4 Å². The molecule has 48 heteroatoms. The van der Waals surface area contributed by atoms with E-state index in [1.54, 1.807) is 0 Å². The number of nitrogens with zero attached hydrogens (tertiary/aromatic N) is 4. The molecule has 0 fully saturated rings. The number of hydrogen-bond donors (Lipinski definition) is 2. The second-order valence-electron chi connectivity index (χ2n) is 15.8. The molecule has 0 bridgehead atoms. The van der Waals surface area contributed by atoms with E-state index >= 15 is 8.78 Å². The van der Waals surface area contributed by atoms with Crippen molar-refractivity contribution in [1.29, 1.82) is 0 Å². The number of benzene rings is 1. The van der Waals surface area contributed by atoms with E-state index < -0.39 is 201 Å². The molecule has 0 unspecified atom stereocenters. The molecule has 12 nitrogen and oxygen atoms in total. The Morgan fingerprint density at radius 3 is 0.852 bits per heavy atom. The Morgan fingerprint density at radius 1 is 0.383 bits per heavy atom. The van der Waals surface area contributed by atoms with Crippen molar-refractivity contribution in [3.8, 4) is 0 Å². The first-order valence-electron chi connectivity index (χ1n) is 19.7. The van der Waals surface area contributed by atoms with Gasteiger partial charge in [0, 0.05) is 45.0 Å². The van der Waals surface area contributed by atoms with Crippen molar-refractivity contribution in [2.45, 2.75) is 115 Å². The molecule has 0 spiro atoms. The fourth-order valence-electron chi connectivity index (χ4n) is 5.98. The van der Waals surface area contributed by atoms with E-state index in [4.69, 9.17) is 0 Å². The van der Waals surface area contributed by atoms with Gasteiger partial charge in [-0.15, -0.1) is 0 Å². The smallest absolute Gasteiger partial charge is 0.460 e. The van der Waals surface area contributed by atoms with Gasteiger partial charge in [0.05, 0.1) is 5.69 Å². The van der Waals surface area contributed by atoms with Gasteiger partial charge in [-0.05, 0) is 24.6 Å². The SMILES string of the molecule is CCN(CCN(C(=O)O)c1ccc(C)c(N(CCN(CC)S(=O)(=O)C(F)(F)C(F)(F)C(F)(F)C(F)(F)C(F)(F)C(F)(F)C(F)(F)C(F)(F)F)C(=O)O)c1)S(=O)(=O)C(F)(F)C(F)(F)C(F)(F)C(F)(F)C(F)(F)C(F)(F)C(F)(F)C(F)(F)F. The highest BCUT2D eigenvalue weighted by Gasteiger charge is 2.98. The first-order chi connectivity index (χ1) is 35.1. The van der Waals surface area contributed by atoms with Crippen molar-refractivity contribution in [2.24, 2.45) is 0 Å². The Bertz CT molecular complexity index is 2700. The lowest BCUT2D eigenvalue weighted by atomic mass is 9.91. The second kappa shape index (κ2) is 21.4. The highest BCUT2D eigenvalue weighted by Crippen LogP contribution is 2.67. The number of carboxylic acid groups (broad SMARTS) is 2. The molecule has 0 atom stereocenters. The molecule has 0 saturated carbocycles. The van der Waals surface area contributed by atoms with Crippen LogP contribution >= 0.6 is 0 Å². The van der Waals surface area contributed by atoms with E-state index in [0.717, 1.165) is 0 Å². The number of halogens is 34. The van der Waals surface area contributed by atoms with Gasteiger partial charge < -0.3 is 10.2 Å². The Kier molecular flexibility index (Phi) is 19.6. The number of alkyl halides is 34. The zero-order chi connectivity index (χ0) is 65.6. The summed E-state index contributed by atoms with van der Waals surface area (Å²) in [6.07, 6.45) is -21.6. The van der Waals surface area contributed by atoms with E-state index in [2.05, 4.69) is 0 Å². The van der Waals surface area contributed by atoms with Crippen LogP contribution in [0, 0.1) is 6.92 Å². The van der Waals surface area contributed by atoms with Crippen molar-refractivity contribution >= 4 is 43.6 Å². The van der Waals surface area contributed by atoms with Crippen molar-refractivity contribution in [3.05, 3.63) is 23.8 Å². The molecule has 0 aliphatic heterocycles. The number of sulfonamides is 2. The van der Waals surface area contributed by atoms with Crippen LogP contribution in [0.2, 0.25) is 0 Å². The van der Waals surface area contributed by atoms with Crippen LogP contribution in [-0.4, -0.2) is 181 Å². The number of hydrogen-bond acceptors (Lipinski definition) is 6. The Balaban J connectivity index is 3.85. The van der Waals surface area contributed by atoms with Crippen LogP contribution in [0.25, 0.3) is 0 Å². The summed E-state index contributed by atoms with van der Waals surface area (Å²) in [7, 11) is -16.2. The lowest BCUT2D eigenvalue weighted by Gasteiger charge is -2.43. The highest BCUT2D eigenvalue weighted by molar-refractivity contribution is 7.90. The number of aryl methyl sites for hydroxylation is 1. The van der Waals surface area contributed by atoms with Gasteiger partial charge in [0.15, 0.2) is 0 Å². The lowest BCUT2D eigenvalue weighted by molar-refractivity contribution is -0.458. The van der Waals surface area contributed by atoms with E-state index in [1.807, 2.05) is 0 Å². The average molecular weight is 1320 g/mol. The molecule has 1 rings (SSSR count). The number of amides is 2. The predicted octanol–water partition coefficient (Wildman–Crippen LogP) is 12.2. The first-order valence-corrected chi connectivity index (χ1v) is 22.5. The topological polar surface area (TPSA) is 156 Å². The largest absolute Gasteiger partial charge is 0.465 e. The average Bonchev–Trinajstić information content (AvgIpc) is 3.27. The van der Waals surface area contributed by atoms with Gasteiger partial charge in [0.25, 0.3) is 20.0 Å². The van der Waals surface area contributed by atoms with Crippen molar-refractivity contribution < 1.29 is 186 Å².